The van der Waals surface area contributed by atoms with Crippen molar-refractivity contribution >= 4 is 0 Å². The number of nitrogens with zero attached hydrogens (tertiary/aromatic N) is 2. The molecular weight excluding hydrogens is 222 g/mol. The lowest BCUT2D eigenvalue weighted by Crippen LogP contribution is -2.26. The third kappa shape index (κ3) is 2.02. The van der Waals surface area contributed by atoms with Crippen LogP contribution < -0.4 is 5.32 Å². The molecule has 0 saturated carbocycles. The maximum Gasteiger partial charge on any atom is 0.115 e. The van der Waals surface area contributed by atoms with Gasteiger partial charge in [0.1, 0.15) is 6.33 Å². The molecule has 1 aliphatic rings. The first-order valence-corrected chi connectivity index (χ1v) is 6.37. The average molecular weight is 239 g/mol. The summed E-state index contributed by atoms with van der Waals surface area (Å²) in [6.45, 7) is 0. The first-order chi connectivity index (χ1) is 8.88. The van der Waals surface area contributed by atoms with E-state index < -0.39 is 0 Å². The van der Waals surface area contributed by atoms with Crippen molar-refractivity contribution in [2.24, 2.45) is 5.92 Å². The summed E-state index contributed by atoms with van der Waals surface area (Å²) in [4.78, 5) is 8.25. The molecule has 1 unspecified atom stereocenters. The Bertz CT molecular complexity index is 499. The van der Waals surface area contributed by atoms with E-state index >= 15 is 0 Å². The van der Waals surface area contributed by atoms with Crippen LogP contribution in [0.25, 0.3) is 0 Å². The number of benzene rings is 1. The Balaban J connectivity index is 1.84. The molecule has 1 aromatic carbocycles. The Morgan fingerprint density at radius 1 is 1.11 bits per heavy atom. The minimum Gasteiger partial charge on any atom is -0.313 e. The molecule has 0 amide bonds. The highest BCUT2D eigenvalue weighted by Gasteiger charge is 2.28. The van der Waals surface area contributed by atoms with Gasteiger partial charge in [0.2, 0.25) is 0 Å². The Kier molecular flexibility index (Phi) is 3.07. The van der Waals surface area contributed by atoms with Gasteiger partial charge in [0.05, 0.1) is 0 Å². The summed E-state index contributed by atoms with van der Waals surface area (Å²) in [5.41, 5.74) is 4.15. The minimum absolute atomic E-state index is 0.332. The summed E-state index contributed by atoms with van der Waals surface area (Å²) in [7, 11) is 2.01. The van der Waals surface area contributed by atoms with E-state index in [2.05, 4.69) is 39.6 Å². The normalized spacial score (nSPS) is 16.5. The van der Waals surface area contributed by atoms with E-state index in [1.54, 1.807) is 6.33 Å². The van der Waals surface area contributed by atoms with Gasteiger partial charge in [0.15, 0.2) is 0 Å². The molecule has 1 aliphatic carbocycles. The number of hydrogen-bond acceptors (Lipinski definition) is 3. The molecule has 0 aliphatic heterocycles. The molecule has 3 heteroatoms. The Hall–Kier alpha value is -1.74. The van der Waals surface area contributed by atoms with Crippen molar-refractivity contribution in [1.82, 2.24) is 15.3 Å². The first-order valence-electron chi connectivity index (χ1n) is 6.37. The second kappa shape index (κ2) is 4.86. The predicted molar refractivity (Wildman–Crippen MR) is 71.2 cm³/mol. The highest BCUT2D eigenvalue weighted by Crippen LogP contribution is 2.34. The van der Waals surface area contributed by atoms with Crippen LogP contribution in [0.4, 0.5) is 0 Å². The highest BCUT2D eigenvalue weighted by molar-refractivity contribution is 5.33. The van der Waals surface area contributed by atoms with Crippen LogP contribution in [0.3, 0.4) is 0 Å². The lowest BCUT2D eigenvalue weighted by Gasteiger charge is -2.22. The van der Waals surface area contributed by atoms with Crippen molar-refractivity contribution in [3.8, 4) is 0 Å². The molecule has 92 valence electrons. The molecule has 0 spiro atoms. The molecule has 1 N–H and O–H groups in total. The summed E-state index contributed by atoms with van der Waals surface area (Å²) < 4.78 is 0. The molecule has 1 aromatic heterocycles. The topological polar surface area (TPSA) is 37.8 Å². The molecule has 0 saturated heterocycles. The van der Waals surface area contributed by atoms with Gasteiger partial charge in [0, 0.05) is 24.0 Å². The van der Waals surface area contributed by atoms with E-state index in [0.717, 1.165) is 12.8 Å². The zero-order valence-electron chi connectivity index (χ0n) is 10.5. The third-order valence-electron chi connectivity index (χ3n) is 3.80. The highest BCUT2D eigenvalue weighted by atomic mass is 14.9. The average Bonchev–Trinajstić information content (AvgIpc) is 2.84. The lowest BCUT2D eigenvalue weighted by atomic mass is 9.92. The maximum absolute atomic E-state index is 4.12. The predicted octanol–water partition coefficient (Wildman–Crippen LogP) is 2.15. The Morgan fingerprint density at radius 2 is 1.72 bits per heavy atom. The van der Waals surface area contributed by atoms with Crippen LogP contribution in [-0.2, 0) is 12.8 Å². The molecule has 18 heavy (non-hydrogen) atoms. The van der Waals surface area contributed by atoms with Crippen molar-refractivity contribution in [3.05, 3.63) is 59.7 Å². The van der Waals surface area contributed by atoms with Crippen LogP contribution >= 0.6 is 0 Å². The van der Waals surface area contributed by atoms with Crippen LogP contribution in [0.1, 0.15) is 22.7 Å². The zero-order valence-corrected chi connectivity index (χ0v) is 10.5. The first kappa shape index (κ1) is 11.4. The van der Waals surface area contributed by atoms with Crippen LogP contribution in [0.5, 0.6) is 0 Å². The van der Waals surface area contributed by atoms with Crippen molar-refractivity contribution in [2.45, 2.75) is 18.9 Å². The van der Waals surface area contributed by atoms with Gasteiger partial charge in [-0.3, -0.25) is 0 Å². The fraction of sp³-hybridized carbons (Fsp3) is 0.333. The zero-order chi connectivity index (χ0) is 12.4. The van der Waals surface area contributed by atoms with Gasteiger partial charge < -0.3 is 5.32 Å². The van der Waals surface area contributed by atoms with E-state index in [-0.39, 0.29) is 0 Å². The molecule has 3 nitrogen and oxygen atoms in total. The van der Waals surface area contributed by atoms with E-state index in [9.17, 15) is 0 Å². The largest absolute Gasteiger partial charge is 0.313 e. The number of aromatic nitrogens is 2. The van der Waals surface area contributed by atoms with E-state index in [1.165, 1.54) is 16.7 Å². The van der Waals surface area contributed by atoms with Gasteiger partial charge in [-0.25, -0.2) is 9.97 Å². The second-order valence-electron chi connectivity index (χ2n) is 4.88. The molecule has 3 rings (SSSR count). The number of rotatable bonds is 3. The van der Waals surface area contributed by atoms with Gasteiger partial charge in [-0.1, -0.05) is 24.3 Å². The van der Waals surface area contributed by atoms with Gasteiger partial charge in [-0.05, 0) is 36.9 Å². The minimum atomic E-state index is 0.332. The third-order valence-corrected chi connectivity index (χ3v) is 3.80. The number of fused-ring (bicyclic) bond motifs is 1. The number of hydrogen-bond donors (Lipinski definition) is 1. The molecule has 2 aromatic rings. The van der Waals surface area contributed by atoms with Gasteiger partial charge in [-0.15, -0.1) is 0 Å². The van der Waals surface area contributed by atoms with Crippen molar-refractivity contribution < 1.29 is 0 Å². The van der Waals surface area contributed by atoms with Gasteiger partial charge >= 0.3 is 0 Å². The van der Waals surface area contributed by atoms with Crippen LogP contribution in [0.15, 0.2) is 43.0 Å². The molecule has 0 fully saturated rings. The summed E-state index contributed by atoms with van der Waals surface area (Å²) in [6, 6.07) is 9.06. The fourth-order valence-electron chi connectivity index (χ4n) is 2.97. The molecule has 0 bridgehead atoms. The van der Waals surface area contributed by atoms with E-state index in [0.29, 0.717) is 12.0 Å². The summed E-state index contributed by atoms with van der Waals surface area (Å²) >= 11 is 0. The van der Waals surface area contributed by atoms with Crippen molar-refractivity contribution in [2.75, 3.05) is 7.05 Å². The Labute approximate surface area is 107 Å². The van der Waals surface area contributed by atoms with Crippen LogP contribution in [0, 0.1) is 5.92 Å². The Morgan fingerprint density at radius 3 is 2.28 bits per heavy atom. The summed E-state index contributed by atoms with van der Waals surface area (Å²) in [5.74, 6) is 0.596. The van der Waals surface area contributed by atoms with E-state index in [4.69, 9.17) is 0 Å². The molecule has 0 radical (unpaired) electrons. The molecule has 1 heterocycles. The maximum atomic E-state index is 4.12. The fourth-order valence-corrected chi connectivity index (χ4v) is 2.97. The second-order valence-corrected chi connectivity index (χ2v) is 4.88. The van der Waals surface area contributed by atoms with Crippen LogP contribution in [-0.4, -0.2) is 17.0 Å². The molecule has 1 atom stereocenters. The monoisotopic (exact) mass is 239 g/mol. The van der Waals surface area contributed by atoms with Gasteiger partial charge in [-0.2, -0.15) is 0 Å². The van der Waals surface area contributed by atoms with Crippen LogP contribution in [0.2, 0.25) is 0 Å². The number of nitrogens with one attached hydrogen (secondary N) is 1. The SMILES string of the molecule is CNC(c1cncnc1)C1Cc2ccccc2C1. The smallest absolute Gasteiger partial charge is 0.115 e. The summed E-state index contributed by atoms with van der Waals surface area (Å²) in [6.07, 6.45) is 7.68. The molecular formula is C15H17N3. The quantitative estimate of drug-likeness (QED) is 0.892. The van der Waals surface area contributed by atoms with Crippen molar-refractivity contribution in [3.63, 3.8) is 0 Å². The van der Waals surface area contributed by atoms with Crippen molar-refractivity contribution in [1.29, 1.82) is 0 Å². The summed E-state index contributed by atoms with van der Waals surface area (Å²) in [5, 5.41) is 3.42. The standard InChI is InChI=1S/C15H17N3/c1-16-15(14-8-17-10-18-9-14)13-6-11-4-2-3-5-12(11)7-13/h2-5,8-10,13,15-16H,6-7H2,1H3. The van der Waals surface area contributed by atoms with Gasteiger partial charge in [0.25, 0.3) is 0 Å². The lowest BCUT2D eigenvalue weighted by molar-refractivity contribution is 0.395. The van der Waals surface area contributed by atoms with E-state index in [1.807, 2.05) is 19.4 Å².